The van der Waals surface area contributed by atoms with Gasteiger partial charge in [-0.05, 0) is 30.3 Å². The van der Waals surface area contributed by atoms with Crippen molar-refractivity contribution in [2.45, 2.75) is 19.4 Å². The van der Waals surface area contributed by atoms with Crippen molar-refractivity contribution in [3.63, 3.8) is 0 Å². The maximum atomic E-state index is 11.2. The summed E-state index contributed by atoms with van der Waals surface area (Å²) in [5.74, 6) is -0.680. The molecular weight excluding hydrogens is 224 g/mol. The van der Waals surface area contributed by atoms with Crippen LogP contribution in [-0.4, -0.2) is 41.5 Å². The minimum Gasteiger partial charge on any atom is -0.479 e. The first kappa shape index (κ1) is 11.1. The van der Waals surface area contributed by atoms with Gasteiger partial charge in [-0.2, -0.15) is 10.2 Å². The Balaban J connectivity index is 2.53. The van der Waals surface area contributed by atoms with Gasteiger partial charge in [0.2, 0.25) is 0 Å². The van der Waals surface area contributed by atoms with E-state index in [4.69, 9.17) is 5.11 Å². The van der Waals surface area contributed by atoms with Crippen molar-refractivity contribution in [3.05, 3.63) is 18.5 Å². The predicted octanol–water partition coefficient (Wildman–Crippen LogP) is -0.0502. The summed E-state index contributed by atoms with van der Waals surface area (Å²) < 4.78 is 1.24. The Bertz CT molecular complexity index is 535. The number of nitrogens with zero attached hydrogens (tertiary/aromatic N) is 6. The molecule has 0 spiro atoms. The first-order valence-electron chi connectivity index (χ1n) is 4.83. The van der Waals surface area contributed by atoms with Crippen molar-refractivity contribution in [3.8, 4) is 11.4 Å². The lowest BCUT2D eigenvalue weighted by atomic mass is 10.1. The van der Waals surface area contributed by atoms with Crippen LogP contribution in [-0.2, 0) is 10.3 Å². The minimum absolute atomic E-state index is 0.340. The highest BCUT2D eigenvalue weighted by atomic mass is 16.4. The van der Waals surface area contributed by atoms with E-state index in [-0.39, 0.29) is 0 Å². The molecule has 0 unspecified atom stereocenters. The Morgan fingerprint density at radius 1 is 1.41 bits per heavy atom. The van der Waals surface area contributed by atoms with Crippen LogP contribution in [0.1, 0.15) is 13.8 Å². The Morgan fingerprint density at radius 3 is 2.76 bits per heavy atom. The van der Waals surface area contributed by atoms with Gasteiger partial charge in [0, 0.05) is 5.56 Å². The van der Waals surface area contributed by atoms with E-state index in [2.05, 4.69) is 25.7 Å². The SMILES string of the molecule is CC(C)(C(=O)O)n1nnnc1-c1ccnnc1. The summed E-state index contributed by atoms with van der Waals surface area (Å²) >= 11 is 0. The number of rotatable bonds is 3. The molecule has 17 heavy (non-hydrogen) atoms. The second-order valence-electron chi connectivity index (χ2n) is 3.91. The molecule has 0 aliphatic rings. The average molecular weight is 234 g/mol. The maximum Gasteiger partial charge on any atom is 0.331 e. The number of aliphatic carboxylic acids is 1. The predicted molar refractivity (Wildman–Crippen MR) is 55.8 cm³/mol. The zero-order valence-electron chi connectivity index (χ0n) is 9.27. The minimum atomic E-state index is -1.23. The summed E-state index contributed by atoms with van der Waals surface area (Å²) in [5, 5.41) is 27.5. The Hall–Kier alpha value is -2.38. The summed E-state index contributed by atoms with van der Waals surface area (Å²) in [6.45, 7) is 3.04. The number of hydrogen-bond acceptors (Lipinski definition) is 6. The van der Waals surface area contributed by atoms with Crippen LogP contribution >= 0.6 is 0 Å². The lowest BCUT2D eigenvalue weighted by Crippen LogP contribution is -2.37. The monoisotopic (exact) mass is 234 g/mol. The summed E-state index contributed by atoms with van der Waals surface area (Å²) in [5.41, 5.74) is -0.624. The first-order chi connectivity index (χ1) is 8.03. The molecule has 2 aromatic rings. The van der Waals surface area contributed by atoms with Crippen LogP contribution in [0.25, 0.3) is 11.4 Å². The van der Waals surface area contributed by atoms with E-state index in [0.29, 0.717) is 11.4 Å². The number of aromatic nitrogens is 6. The Labute approximate surface area is 96.3 Å². The highest BCUT2D eigenvalue weighted by Gasteiger charge is 2.33. The van der Waals surface area contributed by atoms with Gasteiger partial charge in [0.15, 0.2) is 11.4 Å². The molecule has 0 radical (unpaired) electrons. The Morgan fingerprint density at radius 2 is 2.18 bits per heavy atom. The van der Waals surface area contributed by atoms with Crippen LogP contribution < -0.4 is 0 Å². The highest BCUT2D eigenvalue weighted by molar-refractivity contribution is 5.76. The van der Waals surface area contributed by atoms with Gasteiger partial charge in [-0.25, -0.2) is 9.48 Å². The Kier molecular flexibility index (Phi) is 2.54. The third kappa shape index (κ3) is 1.84. The molecule has 0 saturated carbocycles. The van der Waals surface area contributed by atoms with E-state index in [0.717, 1.165) is 0 Å². The summed E-state index contributed by atoms with van der Waals surface area (Å²) in [7, 11) is 0. The lowest BCUT2D eigenvalue weighted by Gasteiger charge is -2.20. The third-order valence-electron chi connectivity index (χ3n) is 2.36. The van der Waals surface area contributed by atoms with Crippen LogP contribution in [0.15, 0.2) is 18.5 Å². The standard InChI is InChI=1S/C9H10N6O2/c1-9(2,8(16)17)15-7(12-13-14-15)6-3-4-10-11-5-6/h3-5H,1-2H3,(H,16,17). The van der Waals surface area contributed by atoms with E-state index in [1.807, 2.05) is 0 Å². The fraction of sp³-hybridized carbons (Fsp3) is 0.333. The van der Waals surface area contributed by atoms with Gasteiger partial charge in [-0.3, -0.25) is 0 Å². The average Bonchev–Trinajstić information content (AvgIpc) is 2.79. The summed E-state index contributed by atoms with van der Waals surface area (Å²) in [6, 6.07) is 1.66. The molecule has 0 fully saturated rings. The molecular formula is C9H10N6O2. The first-order valence-corrected chi connectivity index (χ1v) is 4.83. The lowest BCUT2D eigenvalue weighted by molar-refractivity contribution is -0.146. The second kappa shape index (κ2) is 3.89. The number of carbonyl (C=O) groups is 1. The van der Waals surface area contributed by atoms with Crippen molar-refractivity contribution in [2.75, 3.05) is 0 Å². The molecule has 0 aliphatic heterocycles. The van der Waals surface area contributed by atoms with Gasteiger partial charge in [0.05, 0.1) is 12.4 Å². The van der Waals surface area contributed by atoms with Crippen molar-refractivity contribution in [1.29, 1.82) is 0 Å². The molecule has 0 aliphatic carbocycles. The van der Waals surface area contributed by atoms with Crippen molar-refractivity contribution >= 4 is 5.97 Å². The highest BCUT2D eigenvalue weighted by Crippen LogP contribution is 2.21. The number of hydrogen-bond donors (Lipinski definition) is 1. The van der Waals surface area contributed by atoms with Crippen LogP contribution in [0.3, 0.4) is 0 Å². The van der Waals surface area contributed by atoms with Gasteiger partial charge in [0.25, 0.3) is 0 Å². The van der Waals surface area contributed by atoms with Gasteiger partial charge in [-0.1, -0.05) is 0 Å². The third-order valence-corrected chi connectivity index (χ3v) is 2.36. The fourth-order valence-corrected chi connectivity index (χ4v) is 1.26. The van der Waals surface area contributed by atoms with Crippen LogP contribution in [0.4, 0.5) is 0 Å². The molecule has 0 aromatic carbocycles. The number of carboxylic acids is 1. The van der Waals surface area contributed by atoms with E-state index in [1.54, 1.807) is 6.07 Å². The topological polar surface area (TPSA) is 107 Å². The van der Waals surface area contributed by atoms with E-state index >= 15 is 0 Å². The normalized spacial score (nSPS) is 11.4. The van der Waals surface area contributed by atoms with E-state index in [9.17, 15) is 4.79 Å². The molecule has 1 N–H and O–H groups in total. The molecule has 0 atom stereocenters. The molecule has 88 valence electrons. The van der Waals surface area contributed by atoms with Crippen molar-refractivity contribution in [2.24, 2.45) is 0 Å². The molecule has 0 saturated heterocycles. The van der Waals surface area contributed by atoms with Crippen LogP contribution in [0.5, 0.6) is 0 Å². The van der Waals surface area contributed by atoms with Gasteiger partial charge >= 0.3 is 5.97 Å². The molecule has 2 aromatic heterocycles. The largest absolute Gasteiger partial charge is 0.479 e. The molecule has 2 rings (SSSR count). The van der Waals surface area contributed by atoms with E-state index in [1.165, 1.54) is 30.9 Å². The zero-order valence-corrected chi connectivity index (χ0v) is 9.27. The fourth-order valence-electron chi connectivity index (χ4n) is 1.26. The molecule has 8 nitrogen and oxygen atoms in total. The maximum absolute atomic E-state index is 11.2. The van der Waals surface area contributed by atoms with Gasteiger partial charge in [0.1, 0.15) is 0 Å². The zero-order chi connectivity index (χ0) is 12.5. The summed E-state index contributed by atoms with van der Waals surface area (Å²) in [6.07, 6.45) is 2.96. The van der Waals surface area contributed by atoms with Crippen LogP contribution in [0, 0.1) is 0 Å². The molecule has 2 heterocycles. The quantitative estimate of drug-likeness (QED) is 0.793. The second-order valence-corrected chi connectivity index (χ2v) is 3.91. The van der Waals surface area contributed by atoms with Crippen molar-refractivity contribution in [1.82, 2.24) is 30.4 Å². The number of tetrazole rings is 1. The van der Waals surface area contributed by atoms with Crippen LogP contribution in [0.2, 0.25) is 0 Å². The van der Waals surface area contributed by atoms with Gasteiger partial charge in [-0.15, -0.1) is 5.10 Å². The molecule has 0 amide bonds. The molecule has 0 bridgehead atoms. The summed E-state index contributed by atoms with van der Waals surface area (Å²) in [4.78, 5) is 11.2. The van der Waals surface area contributed by atoms with E-state index < -0.39 is 11.5 Å². The molecule has 8 heteroatoms. The smallest absolute Gasteiger partial charge is 0.331 e. The van der Waals surface area contributed by atoms with Gasteiger partial charge < -0.3 is 5.11 Å². The number of carboxylic acid groups (broad SMARTS) is 1. The van der Waals surface area contributed by atoms with Crippen molar-refractivity contribution < 1.29 is 9.90 Å².